The first-order chi connectivity index (χ1) is 29.6. The summed E-state index contributed by atoms with van der Waals surface area (Å²) >= 11 is 6.15. The summed E-state index contributed by atoms with van der Waals surface area (Å²) in [5.41, 5.74) is 0.256. The number of carbonyl (C=O) groups excluding carboxylic acids is 2. The number of aliphatic hydroxyl groups is 1. The van der Waals surface area contributed by atoms with Crippen LogP contribution >= 0.6 is 11.1 Å². The maximum absolute atomic E-state index is 13.9. The zero-order valence-corrected chi connectivity index (χ0v) is 42.2. The summed E-state index contributed by atoms with van der Waals surface area (Å²) in [5, 5.41) is 31.1. The fourth-order valence-electron chi connectivity index (χ4n) is 6.03. The zero-order chi connectivity index (χ0) is 48.5. The number of amides is 2. The minimum absolute atomic E-state index is 0.00854. The van der Waals surface area contributed by atoms with Gasteiger partial charge in [0.15, 0.2) is 15.7 Å². The number of nitrogens with zero attached hydrogens (tertiary/aromatic N) is 5. The van der Waals surface area contributed by atoms with Gasteiger partial charge in [0.05, 0.1) is 34.4 Å². The minimum atomic E-state index is -1.80. The summed E-state index contributed by atoms with van der Waals surface area (Å²) in [6.07, 6.45) is 10.3. The number of H-pyrrole nitrogens is 1. The number of aryl methyl sites for hydroxylation is 2. The van der Waals surface area contributed by atoms with E-state index in [9.17, 15) is 43.7 Å². The van der Waals surface area contributed by atoms with E-state index < -0.39 is 37.2 Å². The van der Waals surface area contributed by atoms with Gasteiger partial charge < -0.3 is 24.3 Å². The van der Waals surface area contributed by atoms with E-state index in [1.54, 1.807) is 23.6 Å². The number of aromatic amines is 1. The number of nitrogens with one attached hydrogen (secondary N) is 1. The van der Waals surface area contributed by atoms with Crippen molar-refractivity contribution in [3.8, 4) is 0 Å². The van der Waals surface area contributed by atoms with Gasteiger partial charge in [0.25, 0.3) is 11.4 Å². The largest absolute Gasteiger partial charge is 0.414 e. The van der Waals surface area contributed by atoms with Crippen LogP contribution in [0.3, 0.4) is 0 Å². The van der Waals surface area contributed by atoms with E-state index in [0.29, 0.717) is 93.7 Å². The van der Waals surface area contributed by atoms with Crippen LogP contribution in [0.1, 0.15) is 104 Å². The van der Waals surface area contributed by atoms with Crippen LogP contribution in [-0.2, 0) is 26.9 Å². The summed E-state index contributed by atoms with van der Waals surface area (Å²) < 4.78 is 34.1. The minimum Gasteiger partial charge on any atom is -0.414 e. The Balaban J connectivity index is 0.000000350. The van der Waals surface area contributed by atoms with E-state index in [-0.39, 0.29) is 40.4 Å². The number of imidazole rings is 1. The smallest absolute Gasteiger partial charge is 0.272 e. The summed E-state index contributed by atoms with van der Waals surface area (Å²) in [6.45, 7) is 24.7. The average molecular weight is 954 g/mol. The number of halogens is 3. The highest BCUT2D eigenvalue weighted by Crippen LogP contribution is 2.39. The second kappa shape index (κ2) is 25.6. The Morgan fingerprint density at radius 2 is 1.20 bits per heavy atom. The van der Waals surface area contributed by atoms with Crippen LogP contribution in [-0.4, -0.2) is 101 Å². The summed E-state index contributed by atoms with van der Waals surface area (Å²) in [6, 6.07) is 7.24. The molecular weight excluding hydrogens is 882 g/mol. The Morgan fingerprint density at radius 3 is 1.50 bits per heavy atom. The molecule has 0 unspecified atom stereocenters. The van der Waals surface area contributed by atoms with E-state index in [1.165, 1.54) is 24.3 Å². The molecule has 0 spiro atoms. The normalized spacial score (nSPS) is 15.2. The van der Waals surface area contributed by atoms with Gasteiger partial charge in [-0.15, -0.1) is 0 Å². The van der Waals surface area contributed by atoms with Crippen molar-refractivity contribution < 1.29 is 37.7 Å². The molecule has 0 saturated carbocycles. The molecule has 5 rings (SSSR count). The van der Waals surface area contributed by atoms with Gasteiger partial charge in [0, 0.05) is 69.7 Å². The van der Waals surface area contributed by atoms with Crippen molar-refractivity contribution in [1.82, 2.24) is 19.8 Å². The molecule has 2 saturated heterocycles. The molecule has 0 bridgehead atoms. The lowest BCUT2D eigenvalue weighted by Crippen LogP contribution is -2.48. The highest BCUT2D eigenvalue weighted by atomic mass is 35.6. The molecule has 2 N–H and O–H groups in total. The van der Waals surface area contributed by atoms with Gasteiger partial charge in [0.1, 0.15) is 11.6 Å². The monoisotopic (exact) mass is 952 g/mol. The van der Waals surface area contributed by atoms with Gasteiger partial charge in [-0.1, -0.05) is 54.6 Å². The van der Waals surface area contributed by atoms with E-state index in [4.69, 9.17) is 15.5 Å². The summed E-state index contributed by atoms with van der Waals surface area (Å²) in [7, 11) is -3.18. The number of hydrogen-bond donors (Lipinski definition) is 2. The zero-order valence-electron chi connectivity index (χ0n) is 39.4. The van der Waals surface area contributed by atoms with Gasteiger partial charge in [-0.25, -0.2) is 13.8 Å². The molecule has 19 heteroatoms. The third kappa shape index (κ3) is 19.6. The fourth-order valence-corrected chi connectivity index (χ4v) is 7.45. The topological polar surface area (TPSA) is 185 Å². The maximum atomic E-state index is 13.9. The molecule has 358 valence electrons. The van der Waals surface area contributed by atoms with E-state index in [2.05, 4.69) is 77.7 Å². The molecule has 2 aromatic carbocycles. The van der Waals surface area contributed by atoms with Gasteiger partial charge in [-0.3, -0.25) is 29.8 Å². The van der Waals surface area contributed by atoms with Gasteiger partial charge >= 0.3 is 0 Å². The lowest BCUT2D eigenvalue weighted by molar-refractivity contribution is -0.385. The maximum Gasteiger partial charge on any atom is 0.272 e. The first-order valence-electron chi connectivity index (χ1n) is 22.0. The molecule has 1 aromatic heterocycles. The Morgan fingerprint density at radius 1 is 0.797 bits per heavy atom. The number of non-ortho nitro benzene ring substituents is 2. The first-order valence-corrected chi connectivity index (χ1v) is 28.9. The Kier molecular flexibility index (Phi) is 22.4. The molecule has 0 atom stereocenters. The first kappa shape index (κ1) is 56.0. The number of rotatable bonds is 12. The van der Waals surface area contributed by atoms with Crippen molar-refractivity contribution in [3.05, 3.63) is 98.1 Å². The molecule has 3 heterocycles. The predicted octanol–water partition coefficient (Wildman–Crippen LogP) is 10.7. The van der Waals surface area contributed by atoms with Crippen molar-refractivity contribution in [2.45, 2.75) is 154 Å². The predicted molar refractivity (Wildman–Crippen MR) is 253 cm³/mol. The van der Waals surface area contributed by atoms with Crippen LogP contribution in [0.4, 0.5) is 20.2 Å². The third-order valence-corrected chi connectivity index (χ3v) is 22.0. The summed E-state index contributed by atoms with van der Waals surface area (Å²) in [5.74, 6) is -1.11. The highest BCUT2D eigenvalue weighted by Gasteiger charge is 2.40. The number of aliphatic hydroxyl groups excluding tert-OH is 1. The van der Waals surface area contributed by atoms with E-state index in [1.807, 2.05) is 4.90 Å². The standard InChI is InChI=1S/C21H33FN2O4Si.C15H19FN2O4.C6H15ClSi.C3H4N2/c1-21(2,3)29(4,5)28-18-11-13-23(14-12-18)20(25)8-6-7-16-9-10-17(24(26)27)15-19(16)22;16-14-10-12(18(21)22)5-4-11(14)2-1-3-15(20)17-8-6-13(19)7-9-17;1-6(2,3)8(4,5)7;1-2-5-3-4-1/h9-10,15,18H,6-8,11-14H2,1-5H3;4-5,10,13,19H,1-3,6-9H2;1-5H3;1-3H,(H,4,5). The highest BCUT2D eigenvalue weighted by molar-refractivity contribution is 7.20. The fraction of sp³-hybridized carbons (Fsp3) is 0.622. The van der Waals surface area contributed by atoms with E-state index >= 15 is 0 Å². The number of hydrogen-bond acceptors (Lipinski definition) is 9. The van der Waals surface area contributed by atoms with Crippen LogP contribution < -0.4 is 0 Å². The Hall–Kier alpha value is -4.11. The second-order valence-electron chi connectivity index (χ2n) is 19.3. The molecule has 14 nitrogen and oxygen atoms in total. The third-order valence-electron chi connectivity index (χ3n) is 12.2. The number of nitro groups is 2. The van der Waals surface area contributed by atoms with Crippen molar-refractivity contribution in [1.29, 1.82) is 0 Å². The van der Waals surface area contributed by atoms with Gasteiger partial charge in [0.2, 0.25) is 11.8 Å². The van der Waals surface area contributed by atoms with Crippen LogP contribution in [0.5, 0.6) is 0 Å². The number of piperidine rings is 2. The molecule has 0 aliphatic carbocycles. The van der Waals surface area contributed by atoms with Crippen LogP contribution in [0.15, 0.2) is 55.1 Å². The molecule has 2 amide bonds. The number of aromatic nitrogens is 2. The van der Waals surface area contributed by atoms with Crippen LogP contribution in [0, 0.1) is 31.9 Å². The van der Waals surface area contributed by atoms with Crippen LogP contribution in [0.25, 0.3) is 0 Å². The van der Waals surface area contributed by atoms with Crippen molar-refractivity contribution in [2.75, 3.05) is 26.2 Å². The number of carbonyl (C=O) groups is 2. The second-order valence-corrected chi connectivity index (χ2v) is 31.4. The van der Waals surface area contributed by atoms with Gasteiger partial charge in [-0.2, -0.15) is 11.1 Å². The molecule has 3 aromatic rings. The number of likely N-dealkylation sites (tertiary alicyclic amines) is 2. The van der Waals surface area contributed by atoms with Crippen molar-refractivity contribution >= 4 is 50.0 Å². The average Bonchev–Trinajstić information content (AvgIpc) is 3.79. The van der Waals surface area contributed by atoms with Crippen molar-refractivity contribution in [3.63, 3.8) is 0 Å². The lowest BCUT2D eigenvalue weighted by Gasteiger charge is -2.42. The molecular formula is C45H71ClF2N6O8Si2. The molecule has 0 radical (unpaired) electrons. The Bertz CT molecular complexity index is 1900. The lowest BCUT2D eigenvalue weighted by atomic mass is 10.0. The van der Waals surface area contributed by atoms with E-state index in [0.717, 1.165) is 25.0 Å². The SMILES string of the molecule is CC(C)(C)[Si](C)(C)Cl.CC(C)(C)[Si](C)(C)OC1CCN(C(=O)CCCc2ccc([N+](=O)[O-])cc2F)CC1.O=C(CCCc1ccc([N+](=O)[O-])cc1F)N1CCC(O)CC1.c1c[nH]cn1. The Labute approximate surface area is 384 Å². The summed E-state index contributed by atoms with van der Waals surface area (Å²) in [4.78, 5) is 54.4. The molecule has 2 aliphatic heterocycles. The molecule has 2 aliphatic rings. The molecule has 2 fully saturated rings. The number of benzene rings is 2. The quantitative estimate of drug-likeness (QED) is 0.0771. The van der Waals surface area contributed by atoms with Crippen LogP contribution in [0.2, 0.25) is 36.3 Å². The number of nitro benzene ring substituents is 2. The molecule has 64 heavy (non-hydrogen) atoms. The van der Waals surface area contributed by atoms with Gasteiger partial charge in [-0.05, 0) is 97.8 Å². The van der Waals surface area contributed by atoms with Crippen molar-refractivity contribution in [2.24, 2.45) is 0 Å².